The quantitative estimate of drug-likeness (QED) is 0.450. The molecule has 1 unspecified atom stereocenters. The monoisotopic (exact) mass is 517 g/mol. The Morgan fingerprint density at radius 1 is 1.13 bits per heavy atom. The number of nitrogens with zero attached hydrogens (tertiary/aromatic N) is 3. The molecule has 198 valence electrons. The second-order valence-corrected chi connectivity index (χ2v) is 9.66. The molecule has 1 saturated carbocycles. The molecule has 3 amide bonds. The summed E-state index contributed by atoms with van der Waals surface area (Å²) in [4.78, 5) is 46.4. The molecule has 1 aliphatic carbocycles. The second-order valence-electron chi connectivity index (χ2n) is 9.66. The van der Waals surface area contributed by atoms with Crippen molar-refractivity contribution in [2.45, 2.75) is 51.4 Å². The number of methoxy groups -OCH3 is 1. The van der Waals surface area contributed by atoms with Crippen LogP contribution in [-0.2, 0) is 17.9 Å². The lowest BCUT2D eigenvalue weighted by Gasteiger charge is -2.44. The zero-order chi connectivity index (χ0) is 26.9. The Morgan fingerprint density at radius 3 is 2.55 bits per heavy atom. The molecular weight excluding hydrogens is 486 g/mol. The maximum atomic E-state index is 13.8. The van der Waals surface area contributed by atoms with Crippen molar-refractivity contribution in [3.8, 4) is 11.5 Å². The summed E-state index contributed by atoms with van der Waals surface area (Å²) >= 11 is 0. The van der Waals surface area contributed by atoms with E-state index in [1.807, 2.05) is 31.2 Å². The second kappa shape index (κ2) is 10.2. The van der Waals surface area contributed by atoms with E-state index in [2.05, 4.69) is 15.6 Å². The molecule has 1 fully saturated rings. The van der Waals surface area contributed by atoms with E-state index in [9.17, 15) is 14.4 Å². The first-order valence-corrected chi connectivity index (χ1v) is 12.7. The lowest BCUT2D eigenvalue weighted by atomic mass is 9.93. The van der Waals surface area contributed by atoms with Crippen LogP contribution in [-0.4, -0.2) is 57.5 Å². The Labute approximate surface area is 220 Å². The number of amides is 3. The Hall–Kier alpha value is -4.34. The maximum Gasteiger partial charge on any atom is 0.276 e. The van der Waals surface area contributed by atoms with Crippen LogP contribution >= 0.6 is 0 Å². The summed E-state index contributed by atoms with van der Waals surface area (Å²) < 4.78 is 12.4. The van der Waals surface area contributed by atoms with Crippen molar-refractivity contribution < 1.29 is 23.9 Å². The van der Waals surface area contributed by atoms with Crippen molar-refractivity contribution in [3.63, 3.8) is 0 Å². The number of benzene rings is 2. The molecule has 10 heteroatoms. The van der Waals surface area contributed by atoms with Gasteiger partial charge in [0.05, 0.1) is 26.6 Å². The molecule has 1 aromatic heterocycles. The van der Waals surface area contributed by atoms with Crippen LogP contribution < -0.4 is 20.1 Å². The van der Waals surface area contributed by atoms with Crippen LogP contribution in [0, 0.1) is 0 Å². The number of anilines is 1. The molecule has 3 aromatic rings. The van der Waals surface area contributed by atoms with Gasteiger partial charge in [-0.2, -0.15) is 0 Å². The van der Waals surface area contributed by atoms with E-state index in [0.29, 0.717) is 23.8 Å². The summed E-state index contributed by atoms with van der Waals surface area (Å²) in [6.45, 7) is 4.66. The average molecular weight is 518 g/mol. The Morgan fingerprint density at radius 2 is 1.87 bits per heavy atom. The molecule has 5 rings (SSSR count). The number of aromatic nitrogens is 2. The summed E-state index contributed by atoms with van der Waals surface area (Å²) in [5.41, 5.74) is 0.477. The fourth-order valence-corrected chi connectivity index (χ4v) is 4.93. The molecule has 0 bridgehead atoms. The van der Waals surface area contributed by atoms with Crippen LogP contribution in [0.4, 0.5) is 5.69 Å². The Bertz CT molecular complexity index is 1360. The normalized spacial score (nSPS) is 18.5. The van der Waals surface area contributed by atoms with Gasteiger partial charge in [-0.05, 0) is 57.0 Å². The van der Waals surface area contributed by atoms with Crippen molar-refractivity contribution in [2.75, 3.05) is 19.0 Å². The first-order valence-electron chi connectivity index (χ1n) is 12.7. The van der Waals surface area contributed by atoms with E-state index in [0.717, 1.165) is 18.4 Å². The molecule has 2 heterocycles. The van der Waals surface area contributed by atoms with Gasteiger partial charge < -0.3 is 29.6 Å². The number of para-hydroxylation sites is 1. The third-order valence-electron chi connectivity index (χ3n) is 6.94. The third kappa shape index (κ3) is 4.69. The number of carbonyl (C=O) groups excluding carboxylic acids is 3. The smallest absolute Gasteiger partial charge is 0.276 e. The van der Waals surface area contributed by atoms with Gasteiger partial charge in [0.25, 0.3) is 11.8 Å². The highest BCUT2D eigenvalue weighted by Gasteiger charge is 2.53. The van der Waals surface area contributed by atoms with Crippen molar-refractivity contribution in [1.29, 1.82) is 0 Å². The third-order valence-corrected chi connectivity index (χ3v) is 6.94. The number of rotatable bonds is 9. The zero-order valence-corrected chi connectivity index (χ0v) is 21.7. The highest BCUT2D eigenvalue weighted by atomic mass is 16.5. The number of hydrogen-bond donors (Lipinski definition) is 2. The molecular formula is C28H31N5O5. The minimum absolute atomic E-state index is 0.0333. The minimum atomic E-state index is -1.14. The Kier molecular flexibility index (Phi) is 6.79. The number of fused-ring (bicyclic) bond motifs is 1. The van der Waals surface area contributed by atoms with Crippen LogP contribution in [0.5, 0.6) is 11.5 Å². The van der Waals surface area contributed by atoms with Gasteiger partial charge in [0.2, 0.25) is 5.91 Å². The van der Waals surface area contributed by atoms with E-state index in [4.69, 9.17) is 9.47 Å². The summed E-state index contributed by atoms with van der Waals surface area (Å²) in [5.74, 6) is 0.239. The van der Waals surface area contributed by atoms with Crippen LogP contribution in [0.3, 0.4) is 0 Å². The van der Waals surface area contributed by atoms with Crippen LogP contribution in [0.1, 0.15) is 53.2 Å². The molecule has 1 atom stereocenters. The molecule has 2 N–H and O–H groups in total. The lowest BCUT2D eigenvalue weighted by molar-refractivity contribution is -0.133. The van der Waals surface area contributed by atoms with E-state index in [-0.39, 0.29) is 42.3 Å². The molecule has 0 saturated heterocycles. The standard InChI is InChI=1S/C28H31N5O5/c1-4-38-21-13-9-19(10-14-21)31-25(34)23-24-26(35)33(20-11-12-20)28(2,16-32(24)17-30-23)27(36)29-15-18-7-5-6-8-22(18)37-3/h5-10,13-14,17,20H,4,11-12,15-16H2,1-3H3,(H,29,36)(H,31,34). The maximum absolute atomic E-state index is 13.8. The van der Waals surface area contributed by atoms with Crippen molar-refractivity contribution in [2.24, 2.45) is 0 Å². The molecule has 1 aliphatic heterocycles. The number of hydrogen-bond acceptors (Lipinski definition) is 6. The molecule has 10 nitrogen and oxygen atoms in total. The van der Waals surface area contributed by atoms with Gasteiger partial charge in [-0.25, -0.2) is 4.98 Å². The van der Waals surface area contributed by atoms with Gasteiger partial charge >= 0.3 is 0 Å². The first kappa shape index (κ1) is 25.3. The van der Waals surface area contributed by atoms with Gasteiger partial charge in [0.15, 0.2) is 5.69 Å². The van der Waals surface area contributed by atoms with Gasteiger partial charge in [0, 0.05) is 23.8 Å². The van der Waals surface area contributed by atoms with Crippen molar-refractivity contribution >= 4 is 23.4 Å². The predicted molar refractivity (Wildman–Crippen MR) is 140 cm³/mol. The fourth-order valence-electron chi connectivity index (χ4n) is 4.93. The van der Waals surface area contributed by atoms with Gasteiger partial charge in [-0.15, -0.1) is 0 Å². The van der Waals surface area contributed by atoms with Gasteiger partial charge in [-0.1, -0.05) is 18.2 Å². The molecule has 0 spiro atoms. The number of imidazole rings is 1. The van der Waals surface area contributed by atoms with Crippen molar-refractivity contribution in [3.05, 3.63) is 71.8 Å². The predicted octanol–water partition coefficient (Wildman–Crippen LogP) is 3.24. The summed E-state index contributed by atoms with van der Waals surface area (Å²) in [6, 6.07) is 14.4. The molecule has 38 heavy (non-hydrogen) atoms. The first-order chi connectivity index (χ1) is 18.4. The highest BCUT2D eigenvalue weighted by Crippen LogP contribution is 2.39. The number of carbonyl (C=O) groups is 3. The zero-order valence-electron chi connectivity index (χ0n) is 21.7. The molecule has 2 aromatic carbocycles. The van der Waals surface area contributed by atoms with E-state index >= 15 is 0 Å². The van der Waals surface area contributed by atoms with E-state index in [1.54, 1.807) is 47.8 Å². The van der Waals surface area contributed by atoms with Crippen LogP contribution in [0.25, 0.3) is 0 Å². The fraction of sp³-hybridized carbons (Fsp3) is 0.357. The SMILES string of the molecule is CCOc1ccc(NC(=O)c2ncn3c2C(=O)N(C2CC2)C(C)(C(=O)NCc2ccccc2OC)C3)cc1. The topological polar surface area (TPSA) is 115 Å². The number of nitrogens with one attached hydrogen (secondary N) is 2. The average Bonchev–Trinajstić information content (AvgIpc) is 3.66. The number of ether oxygens (including phenoxy) is 2. The molecule has 2 aliphatic rings. The summed E-state index contributed by atoms with van der Waals surface area (Å²) in [7, 11) is 1.58. The van der Waals surface area contributed by atoms with Gasteiger partial charge in [-0.3, -0.25) is 14.4 Å². The van der Waals surface area contributed by atoms with E-state index < -0.39 is 11.4 Å². The summed E-state index contributed by atoms with van der Waals surface area (Å²) in [6.07, 6.45) is 3.07. The summed E-state index contributed by atoms with van der Waals surface area (Å²) in [5, 5.41) is 5.79. The van der Waals surface area contributed by atoms with Crippen molar-refractivity contribution in [1.82, 2.24) is 19.8 Å². The Balaban J connectivity index is 1.37. The highest BCUT2D eigenvalue weighted by molar-refractivity contribution is 6.11. The lowest BCUT2D eigenvalue weighted by Crippen LogP contribution is -2.64. The molecule has 0 radical (unpaired) electrons. The van der Waals surface area contributed by atoms with Crippen LogP contribution in [0.15, 0.2) is 54.9 Å². The largest absolute Gasteiger partial charge is 0.496 e. The van der Waals surface area contributed by atoms with Crippen LogP contribution in [0.2, 0.25) is 0 Å². The van der Waals surface area contributed by atoms with E-state index in [1.165, 1.54) is 6.33 Å². The van der Waals surface area contributed by atoms with Gasteiger partial charge in [0.1, 0.15) is 22.7 Å². The minimum Gasteiger partial charge on any atom is -0.496 e.